The number of carbonyl (C=O) groups is 1. The van der Waals surface area contributed by atoms with Crippen LogP contribution in [0.2, 0.25) is 0 Å². The first-order chi connectivity index (χ1) is 10.8. The van der Waals surface area contributed by atoms with Gasteiger partial charge in [-0.3, -0.25) is 14.8 Å². The summed E-state index contributed by atoms with van der Waals surface area (Å²) in [4.78, 5) is 22.8. The van der Waals surface area contributed by atoms with Crippen molar-refractivity contribution in [3.05, 3.63) is 36.1 Å². The van der Waals surface area contributed by atoms with E-state index in [0.717, 1.165) is 25.1 Å². The number of hydrogen-bond donors (Lipinski definition) is 0. The smallest absolute Gasteiger partial charge is 0.254 e. The van der Waals surface area contributed by atoms with Gasteiger partial charge in [-0.25, -0.2) is 0 Å². The molecule has 0 unspecified atom stereocenters. The molecule has 116 valence electrons. The van der Waals surface area contributed by atoms with Gasteiger partial charge in [0.15, 0.2) is 0 Å². The van der Waals surface area contributed by atoms with Crippen molar-refractivity contribution in [2.24, 2.45) is 0 Å². The maximum absolute atomic E-state index is 12.5. The molecule has 0 bridgehead atoms. The summed E-state index contributed by atoms with van der Waals surface area (Å²) in [5.74, 6) is 1.19. The molecule has 2 aromatic rings. The second kappa shape index (κ2) is 6.55. The standard InChI is InChI=1S/C15H18N4O3/c1-21-14-9-11(22-18-14)4-5-15(20)19-8-2-3-13(19)12-10-16-6-7-17-12/h6-7,9-10,13H,2-5,8H2,1H3/t13-/m0/s1. The van der Waals surface area contributed by atoms with Crippen molar-refractivity contribution in [1.29, 1.82) is 0 Å². The van der Waals surface area contributed by atoms with Gasteiger partial charge in [0.25, 0.3) is 5.88 Å². The minimum Gasteiger partial charge on any atom is -0.479 e. The second-order valence-electron chi connectivity index (χ2n) is 5.21. The molecule has 3 heterocycles. The molecular formula is C15H18N4O3. The van der Waals surface area contributed by atoms with Gasteiger partial charge in [0, 0.05) is 37.8 Å². The second-order valence-corrected chi connectivity index (χ2v) is 5.21. The van der Waals surface area contributed by atoms with Crippen molar-refractivity contribution >= 4 is 5.91 Å². The first kappa shape index (κ1) is 14.5. The average Bonchev–Trinajstić information content (AvgIpc) is 3.22. The lowest BCUT2D eigenvalue weighted by Crippen LogP contribution is -2.31. The van der Waals surface area contributed by atoms with E-state index in [2.05, 4.69) is 15.1 Å². The molecule has 1 fully saturated rings. The van der Waals surface area contributed by atoms with Crippen LogP contribution in [-0.4, -0.2) is 39.6 Å². The van der Waals surface area contributed by atoms with E-state index < -0.39 is 0 Å². The molecule has 0 N–H and O–H groups in total. The zero-order chi connectivity index (χ0) is 15.4. The number of aromatic nitrogens is 3. The normalized spacial score (nSPS) is 17.7. The largest absolute Gasteiger partial charge is 0.479 e. The van der Waals surface area contributed by atoms with Crippen LogP contribution in [0.1, 0.15) is 36.8 Å². The zero-order valence-electron chi connectivity index (χ0n) is 12.4. The highest BCUT2D eigenvalue weighted by Crippen LogP contribution is 2.31. The quantitative estimate of drug-likeness (QED) is 0.837. The van der Waals surface area contributed by atoms with Gasteiger partial charge in [-0.05, 0) is 18.0 Å². The van der Waals surface area contributed by atoms with Crippen LogP contribution >= 0.6 is 0 Å². The van der Waals surface area contributed by atoms with Gasteiger partial charge in [-0.2, -0.15) is 0 Å². The van der Waals surface area contributed by atoms with Crippen molar-refractivity contribution < 1.29 is 14.1 Å². The van der Waals surface area contributed by atoms with Crippen molar-refractivity contribution in [3.8, 4) is 5.88 Å². The highest BCUT2D eigenvalue weighted by atomic mass is 16.5. The number of carbonyl (C=O) groups excluding carboxylic acids is 1. The topological polar surface area (TPSA) is 81.4 Å². The fourth-order valence-electron chi connectivity index (χ4n) is 2.74. The molecule has 7 nitrogen and oxygen atoms in total. The number of nitrogens with zero attached hydrogens (tertiary/aromatic N) is 4. The molecule has 0 spiro atoms. The van der Waals surface area contributed by atoms with Crippen molar-refractivity contribution in [3.63, 3.8) is 0 Å². The third kappa shape index (κ3) is 3.08. The number of aryl methyl sites for hydroxylation is 1. The molecule has 7 heteroatoms. The predicted molar refractivity (Wildman–Crippen MR) is 77.1 cm³/mol. The molecule has 1 aliphatic heterocycles. The van der Waals surface area contributed by atoms with Crippen LogP contribution in [0.15, 0.2) is 29.2 Å². The number of methoxy groups -OCH3 is 1. The Morgan fingerprint density at radius 1 is 1.50 bits per heavy atom. The van der Waals surface area contributed by atoms with Crippen LogP contribution < -0.4 is 4.74 Å². The molecule has 2 aromatic heterocycles. The van der Waals surface area contributed by atoms with Crippen LogP contribution in [0.4, 0.5) is 0 Å². The number of hydrogen-bond acceptors (Lipinski definition) is 6. The lowest BCUT2D eigenvalue weighted by atomic mass is 10.1. The lowest BCUT2D eigenvalue weighted by molar-refractivity contribution is -0.132. The van der Waals surface area contributed by atoms with E-state index >= 15 is 0 Å². The predicted octanol–water partition coefficient (Wildman–Crippen LogP) is 1.77. The number of ether oxygens (including phenoxy) is 1. The third-order valence-electron chi connectivity index (χ3n) is 3.83. The lowest BCUT2D eigenvalue weighted by Gasteiger charge is -2.23. The van der Waals surface area contributed by atoms with Crippen molar-refractivity contribution in [2.75, 3.05) is 13.7 Å². The summed E-state index contributed by atoms with van der Waals surface area (Å²) < 4.78 is 10.1. The number of rotatable bonds is 5. The van der Waals surface area contributed by atoms with Gasteiger partial charge in [0.2, 0.25) is 5.91 Å². The van der Waals surface area contributed by atoms with Gasteiger partial charge < -0.3 is 14.2 Å². The van der Waals surface area contributed by atoms with Gasteiger partial charge in [0.1, 0.15) is 5.76 Å². The Labute approximate surface area is 128 Å². The van der Waals surface area contributed by atoms with Crippen LogP contribution in [0.3, 0.4) is 0 Å². The molecule has 1 aliphatic rings. The van der Waals surface area contributed by atoms with E-state index in [1.165, 1.54) is 7.11 Å². The fraction of sp³-hybridized carbons (Fsp3) is 0.467. The molecule has 1 amide bonds. The summed E-state index contributed by atoms with van der Waals surface area (Å²) in [6, 6.07) is 1.74. The van der Waals surface area contributed by atoms with Gasteiger partial charge in [-0.1, -0.05) is 0 Å². The summed E-state index contributed by atoms with van der Waals surface area (Å²) in [6.45, 7) is 0.764. The maximum Gasteiger partial charge on any atom is 0.254 e. The number of amides is 1. The minimum absolute atomic E-state index is 0.0328. The van der Waals surface area contributed by atoms with Crippen molar-refractivity contribution in [1.82, 2.24) is 20.0 Å². The highest BCUT2D eigenvalue weighted by molar-refractivity contribution is 5.77. The zero-order valence-corrected chi connectivity index (χ0v) is 12.4. The van der Waals surface area contributed by atoms with Crippen LogP contribution in [0, 0.1) is 0 Å². The first-order valence-corrected chi connectivity index (χ1v) is 7.33. The average molecular weight is 302 g/mol. The van der Waals surface area contributed by atoms with Crippen LogP contribution in [0.25, 0.3) is 0 Å². The van der Waals surface area contributed by atoms with E-state index in [0.29, 0.717) is 24.5 Å². The maximum atomic E-state index is 12.5. The van der Waals surface area contributed by atoms with Gasteiger partial charge in [0.05, 0.1) is 25.0 Å². The summed E-state index contributed by atoms with van der Waals surface area (Å²) in [5.41, 5.74) is 0.856. The van der Waals surface area contributed by atoms with E-state index in [-0.39, 0.29) is 11.9 Å². The summed E-state index contributed by atoms with van der Waals surface area (Å²) in [5, 5.41) is 3.73. The van der Waals surface area contributed by atoms with Crippen LogP contribution in [0.5, 0.6) is 5.88 Å². The third-order valence-corrected chi connectivity index (χ3v) is 3.83. The fourth-order valence-corrected chi connectivity index (χ4v) is 2.74. The van der Waals surface area contributed by atoms with E-state index in [1.807, 2.05) is 4.90 Å². The summed E-state index contributed by atoms with van der Waals surface area (Å²) >= 11 is 0. The molecule has 0 radical (unpaired) electrons. The summed E-state index contributed by atoms with van der Waals surface area (Å²) in [7, 11) is 1.53. The molecular weight excluding hydrogens is 284 g/mol. The Bertz CT molecular complexity index is 629. The van der Waals surface area contributed by atoms with Gasteiger partial charge >= 0.3 is 0 Å². The SMILES string of the molecule is COc1cc(CCC(=O)N2CCC[C@H]2c2cnccn2)on1. The Morgan fingerprint density at radius 2 is 2.41 bits per heavy atom. The molecule has 0 aromatic carbocycles. The van der Waals surface area contributed by atoms with E-state index in [4.69, 9.17) is 9.26 Å². The Hall–Kier alpha value is -2.44. The Morgan fingerprint density at radius 3 is 3.14 bits per heavy atom. The molecule has 0 saturated carbocycles. The van der Waals surface area contributed by atoms with Crippen molar-refractivity contribution in [2.45, 2.75) is 31.7 Å². The van der Waals surface area contributed by atoms with Crippen LogP contribution in [-0.2, 0) is 11.2 Å². The molecule has 3 rings (SSSR count). The van der Waals surface area contributed by atoms with Gasteiger partial charge in [-0.15, -0.1) is 0 Å². The molecule has 1 atom stereocenters. The van der Waals surface area contributed by atoms with E-state index in [1.54, 1.807) is 24.7 Å². The number of likely N-dealkylation sites (tertiary alicyclic amines) is 1. The minimum atomic E-state index is 0.0328. The highest BCUT2D eigenvalue weighted by Gasteiger charge is 2.30. The van der Waals surface area contributed by atoms with E-state index in [9.17, 15) is 4.79 Å². The first-order valence-electron chi connectivity index (χ1n) is 7.33. The monoisotopic (exact) mass is 302 g/mol. The Balaban J connectivity index is 1.61. The molecule has 0 aliphatic carbocycles. The Kier molecular flexibility index (Phi) is 4.32. The molecule has 1 saturated heterocycles. The molecule has 22 heavy (non-hydrogen) atoms. The summed E-state index contributed by atoms with van der Waals surface area (Å²) in [6.07, 6.45) is 7.86.